The quantitative estimate of drug-likeness (QED) is 0.835. The molecule has 7 nitrogen and oxygen atoms in total. The summed E-state index contributed by atoms with van der Waals surface area (Å²) in [7, 11) is 0. The molecule has 120 valence electrons. The van der Waals surface area contributed by atoms with Gasteiger partial charge in [-0.15, -0.1) is 0 Å². The number of hydrogen-bond donors (Lipinski definition) is 2. The minimum atomic E-state index is -0.634. The van der Waals surface area contributed by atoms with E-state index < -0.39 is 5.54 Å². The monoisotopic (exact) mass is 313 g/mol. The molecule has 2 aliphatic rings. The van der Waals surface area contributed by atoms with Crippen LogP contribution >= 0.6 is 0 Å². The number of hydrogen-bond acceptors (Lipinski definition) is 4. The molecule has 1 saturated carbocycles. The first kappa shape index (κ1) is 14.2. The molecular formula is C16H19N5O2. The molecule has 0 spiro atoms. The summed E-state index contributed by atoms with van der Waals surface area (Å²) < 4.78 is 0. The lowest BCUT2D eigenvalue weighted by atomic mass is 10.1. The highest BCUT2D eigenvalue weighted by atomic mass is 16.2. The van der Waals surface area contributed by atoms with Crippen LogP contribution in [-0.2, 0) is 4.79 Å². The van der Waals surface area contributed by atoms with Crippen LogP contribution in [0.1, 0.15) is 23.3 Å². The predicted molar refractivity (Wildman–Crippen MR) is 84.7 cm³/mol. The van der Waals surface area contributed by atoms with Gasteiger partial charge in [-0.25, -0.2) is 0 Å². The van der Waals surface area contributed by atoms with Crippen LogP contribution in [0.25, 0.3) is 10.9 Å². The molecule has 3 N–H and O–H groups in total. The third-order valence-corrected chi connectivity index (χ3v) is 4.74. The fourth-order valence-electron chi connectivity index (χ4n) is 3.05. The average Bonchev–Trinajstić information content (AvgIpc) is 3.20. The van der Waals surface area contributed by atoms with Crippen LogP contribution in [-0.4, -0.2) is 63.5 Å². The van der Waals surface area contributed by atoms with Crippen LogP contribution in [0.15, 0.2) is 24.3 Å². The molecule has 2 fully saturated rings. The number of nitrogens with zero attached hydrogens (tertiary/aromatic N) is 3. The van der Waals surface area contributed by atoms with Crippen LogP contribution in [0.4, 0.5) is 0 Å². The van der Waals surface area contributed by atoms with Gasteiger partial charge >= 0.3 is 0 Å². The van der Waals surface area contributed by atoms with Gasteiger partial charge in [-0.3, -0.25) is 14.7 Å². The van der Waals surface area contributed by atoms with E-state index in [1.165, 1.54) is 0 Å². The largest absolute Gasteiger partial charge is 0.338 e. The lowest BCUT2D eigenvalue weighted by Crippen LogP contribution is -2.55. The summed E-state index contributed by atoms with van der Waals surface area (Å²) in [5.74, 6) is -0.0711. The number of carbonyl (C=O) groups is 2. The summed E-state index contributed by atoms with van der Waals surface area (Å²) in [5.41, 5.74) is 6.63. The number of piperazine rings is 1. The molecular weight excluding hydrogens is 294 g/mol. The molecule has 0 unspecified atom stereocenters. The third kappa shape index (κ3) is 2.37. The van der Waals surface area contributed by atoms with Gasteiger partial charge < -0.3 is 15.5 Å². The minimum absolute atomic E-state index is 0.0230. The fraction of sp³-hybridized carbons (Fsp3) is 0.438. The Bertz CT molecular complexity index is 772. The van der Waals surface area contributed by atoms with E-state index in [2.05, 4.69) is 10.2 Å². The number of carbonyl (C=O) groups excluding carboxylic acids is 2. The summed E-state index contributed by atoms with van der Waals surface area (Å²) in [6, 6.07) is 7.57. The first-order valence-electron chi connectivity index (χ1n) is 7.89. The van der Waals surface area contributed by atoms with Crippen LogP contribution in [0.5, 0.6) is 0 Å². The molecule has 1 aromatic heterocycles. The van der Waals surface area contributed by atoms with Crippen molar-refractivity contribution in [2.24, 2.45) is 5.73 Å². The number of nitrogens with two attached hydrogens (primary N) is 1. The first-order chi connectivity index (χ1) is 11.1. The second-order valence-electron chi connectivity index (χ2n) is 6.36. The summed E-state index contributed by atoms with van der Waals surface area (Å²) >= 11 is 0. The Morgan fingerprint density at radius 3 is 2.43 bits per heavy atom. The predicted octanol–water partition coefficient (Wildman–Crippen LogP) is 0.339. The van der Waals surface area contributed by atoms with Crippen molar-refractivity contribution >= 4 is 22.7 Å². The number of H-pyrrole nitrogens is 1. The average molecular weight is 313 g/mol. The SMILES string of the molecule is NC1(C(=O)N2CCN(C(=O)c3n[nH]c4ccccc34)CC2)CC1. The van der Waals surface area contributed by atoms with Crippen LogP contribution in [0, 0.1) is 0 Å². The molecule has 0 bridgehead atoms. The summed E-state index contributed by atoms with van der Waals surface area (Å²) in [6.45, 7) is 2.10. The zero-order valence-corrected chi connectivity index (χ0v) is 12.8. The first-order valence-corrected chi connectivity index (χ1v) is 7.89. The Hall–Kier alpha value is -2.41. The van der Waals surface area contributed by atoms with Gasteiger partial charge in [-0.1, -0.05) is 18.2 Å². The van der Waals surface area contributed by atoms with Gasteiger partial charge in [0.05, 0.1) is 11.1 Å². The second kappa shape index (κ2) is 5.06. The maximum Gasteiger partial charge on any atom is 0.275 e. The Morgan fingerprint density at radius 2 is 1.74 bits per heavy atom. The zero-order valence-electron chi connectivity index (χ0n) is 12.8. The smallest absolute Gasteiger partial charge is 0.275 e. The minimum Gasteiger partial charge on any atom is -0.338 e. The van der Waals surface area contributed by atoms with E-state index in [-0.39, 0.29) is 11.8 Å². The second-order valence-corrected chi connectivity index (χ2v) is 6.36. The van der Waals surface area contributed by atoms with E-state index in [1.54, 1.807) is 9.80 Å². The summed E-state index contributed by atoms with van der Waals surface area (Å²) in [4.78, 5) is 28.4. The van der Waals surface area contributed by atoms with Gasteiger partial charge in [0.15, 0.2) is 5.69 Å². The molecule has 1 aliphatic carbocycles. The summed E-state index contributed by atoms with van der Waals surface area (Å²) in [5, 5.41) is 7.87. The van der Waals surface area contributed by atoms with E-state index in [0.717, 1.165) is 23.7 Å². The molecule has 1 aromatic carbocycles. The van der Waals surface area contributed by atoms with Crippen molar-refractivity contribution in [1.29, 1.82) is 0 Å². The van der Waals surface area contributed by atoms with Crippen LogP contribution < -0.4 is 5.73 Å². The number of fused-ring (bicyclic) bond motifs is 1. The molecule has 2 heterocycles. The van der Waals surface area contributed by atoms with Crippen molar-refractivity contribution < 1.29 is 9.59 Å². The highest BCUT2D eigenvalue weighted by Gasteiger charge is 2.48. The van der Waals surface area contributed by atoms with Crippen molar-refractivity contribution in [3.05, 3.63) is 30.0 Å². The van der Waals surface area contributed by atoms with Crippen molar-refractivity contribution in [3.63, 3.8) is 0 Å². The molecule has 0 radical (unpaired) electrons. The number of amides is 2. The number of nitrogens with one attached hydrogen (secondary N) is 1. The number of rotatable bonds is 2. The van der Waals surface area contributed by atoms with E-state index >= 15 is 0 Å². The molecule has 7 heteroatoms. The number of aromatic amines is 1. The maximum absolute atomic E-state index is 12.7. The topological polar surface area (TPSA) is 95.3 Å². The molecule has 23 heavy (non-hydrogen) atoms. The maximum atomic E-state index is 12.7. The molecule has 2 aromatic rings. The number of para-hydroxylation sites is 1. The highest BCUT2D eigenvalue weighted by molar-refractivity contribution is 6.04. The number of benzene rings is 1. The van der Waals surface area contributed by atoms with Gasteiger partial charge in [-0.05, 0) is 18.9 Å². The van der Waals surface area contributed by atoms with Crippen molar-refractivity contribution in [3.8, 4) is 0 Å². The van der Waals surface area contributed by atoms with Gasteiger partial charge in [0.2, 0.25) is 5.91 Å². The van der Waals surface area contributed by atoms with Gasteiger partial charge in [0.1, 0.15) is 0 Å². The lowest BCUT2D eigenvalue weighted by Gasteiger charge is -2.35. The standard InChI is InChI=1S/C16H19N5O2/c17-16(5-6-16)15(23)21-9-7-20(8-10-21)14(22)13-11-3-1-2-4-12(11)18-19-13/h1-4H,5-10,17H2,(H,18,19). The number of aromatic nitrogens is 2. The highest BCUT2D eigenvalue weighted by Crippen LogP contribution is 2.34. The molecule has 2 amide bonds. The molecule has 1 aliphatic heterocycles. The zero-order chi connectivity index (χ0) is 16.0. The summed E-state index contributed by atoms with van der Waals surface area (Å²) in [6.07, 6.45) is 1.54. The molecule has 1 saturated heterocycles. The Kier molecular flexibility index (Phi) is 3.12. The van der Waals surface area contributed by atoms with Gasteiger partial charge in [0, 0.05) is 31.6 Å². The molecule has 4 rings (SSSR count). The Morgan fingerprint density at radius 1 is 1.09 bits per heavy atom. The fourth-order valence-corrected chi connectivity index (χ4v) is 3.05. The van der Waals surface area contributed by atoms with Gasteiger partial charge in [-0.2, -0.15) is 5.10 Å². The van der Waals surface area contributed by atoms with Crippen molar-refractivity contribution in [2.75, 3.05) is 26.2 Å². The molecule has 0 atom stereocenters. The van der Waals surface area contributed by atoms with E-state index in [9.17, 15) is 9.59 Å². The van der Waals surface area contributed by atoms with Gasteiger partial charge in [0.25, 0.3) is 5.91 Å². The van der Waals surface area contributed by atoms with Crippen molar-refractivity contribution in [1.82, 2.24) is 20.0 Å². The van der Waals surface area contributed by atoms with Crippen molar-refractivity contribution in [2.45, 2.75) is 18.4 Å². The third-order valence-electron chi connectivity index (χ3n) is 4.74. The van der Waals surface area contributed by atoms with Crippen LogP contribution in [0.3, 0.4) is 0 Å². The van der Waals surface area contributed by atoms with E-state index in [4.69, 9.17) is 5.73 Å². The Balaban J connectivity index is 1.46. The van der Waals surface area contributed by atoms with E-state index in [1.807, 2.05) is 24.3 Å². The van der Waals surface area contributed by atoms with Crippen LogP contribution in [0.2, 0.25) is 0 Å². The Labute approximate surface area is 133 Å². The van der Waals surface area contributed by atoms with E-state index in [0.29, 0.717) is 31.9 Å². The lowest BCUT2D eigenvalue weighted by molar-refractivity contribution is -0.135. The normalized spacial score (nSPS) is 19.9.